The van der Waals surface area contributed by atoms with Gasteiger partial charge in [0.15, 0.2) is 5.17 Å². The zero-order valence-electron chi connectivity index (χ0n) is 10.7. The van der Waals surface area contributed by atoms with Gasteiger partial charge in [0.2, 0.25) is 5.91 Å². The van der Waals surface area contributed by atoms with Crippen molar-refractivity contribution in [2.24, 2.45) is 4.99 Å². The van der Waals surface area contributed by atoms with E-state index >= 15 is 0 Å². The molecule has 1 N–H and O–H groups in total. The van der Waals surface area contributed by atoms with E-state index in [4.69, 9.17) is 0 Å². The Labute approximate surface area is 107 Å². The highest BCUT2D eigenvalue weighted by molar-refractivity contribution is 8.14. The molecule has 5 heteroatoms. The summed E-state index contributed by atoms with van der Waals surface area (Å²) in [5, 5.41) is 4.35. The summed E-state index contributed by atoms with van der Waals surface area (Å²) >= 11 is 1.75. The molecule has 0 aromatic heterocycles. The van der Waals surface area contributed by atoms with E-state index in [1.165, 1.54) is 0 Å². The number of nitrogens with zero attached hydrogens (tertiary/aromatic N) is 2. The Morgan fingerprint density at radius 1 is 1.47 bits per heavy atom. The molecule has 2 heterocycles. The molecular formula is C12H21N3OS. The van der Waals surface area contributed by atoms with Crippen LogP contribution in [0.3, 0.4) is 0 Å². The fraction of sp³-hybridized carbons (Fsp3) is 0.833. The van der Waals surface area contributed by atoms with E-state index in [0.717, 1.165) is 36.9 Å². The van der Waals surface area contributed by atoms with Crippen LogP contribution in [-0.2, 0) is 4.79 Å². The third-order valence-electron chi connectivity index (χ3n) is 3.05. The molecule has 0 aromatic rings. The maximum Gasteiger partial charge on any atom is 0.224 e. The molecule has 96 valence electrons. The first-order valence-electron chi connectivity index (χ1n) is 6.30. The van der Waals surface area contributed by atoms with Crippen LogP contribution in [0.1, 0.15) is 33.1 Å². The highest BCUT2D eigenvalue weighted by Gasteiger charge is 2.27. The van der Waals surface area contributed by atoms with Crippen molar-refractivity contribution in [2.75, 3.05) is 25.4 Å². The number of amidine groups is 1. The van der Waals surface area contributed by atoms with Gasteiger partial charge in [0.25, 0.3) is 0 Å². The lowest BCUT2D eigenvalue weighted by Gasteiger charge is -2.16. The first-order chi connectivity index (χ1) is 8.07. The largest absolute Gasteiger partial charge is 0.359 e. The van der Waals surface area contributed by atoms with Gasteiger partial charge in [-0.3, -0.25) is 9.79 Å². The van der Waals surface area contributed by atoms with E-state index in [1.54, 1.807) is 11.8 Å². The van der Waals surface area contributed by atoms with Crippen molar-refractivity contribution < 1.29 is 4.79 Å². The number of thioether (sulfide) groups is 1. The monoisotopic (exact) mass is 255 g/mol. The minimum Gasteiger partial charge on any atom is -0.359 e. The summed E-state index contributed by atoms with van der Waals surface area (Å²) in [6, 6.07) is 0. The van der Waals surface area contributed by atoms with Gasteiger partial charge >= 0.3 is 0 Å². The number of carbonyl (C=O) groups is 1. The SMILES string of the molecule is CC1(C)CSC(=NCCC(=O)N2CCCC2)N1. The Hall–Kier alpha value is -0.710. The molecule has 0 radical (unpaired) electrons. The molecule has 2 aliphatic rings. The number of hydrogen-bond donors (Lipinski definition) is 1. The number of nitrogens with one attached hydrogen (secondary N) is 1. The lowest BCUT2D eigenvalue weighted by molar-refractivity contribution is -0.129. The lowest BCUT2D eigenvalue weighted by Crippen LogP contribution is -2.37. The Kier molecular flexibility index (Phi) is 3.97. The highest BCUT2D eigenvalue weighted by atomic mass is 32.2. The average Bonchev–Trinajstić information content (AvgIpc) is 2.87. The van der Waals surface area contributed by atoms with Crippen LogP contribution < -0.4 is 5.32 Å². The van der Waals surface area contributed by atoms with E-state index in [2.05, 4.69) is 24.2 Å². The molecule has 0 spiro atoms. The number of likely N-dealkylation sites (tertiary alicyclic amines) is 1. The second kappa shape index (κ2) is 5.29. The Balaban J connectivity index is 1.72. The minimum absolute atomic E-state index is 0.141. The minimum atomic E-state index is 0.141. The molecule has 2 saturated heterocycles. The third kappa shape index (κ3) is 3.63. The third-order valence-corrected chi connectivity index (χ3v) is 4.43. The van der Waals surface area contributed by atoms with Crippen LogP contribution >= 0.6 is 11.8 Å². The highest BCUT2D eigenvalue weighted by Crippen LogP contribution is 2.22. The van der Waals surface area contributed by atoms with Gasteiger partial charge in [-0.15, -0.1) is 0 Å². The zero-order chi connectivity index (χ0) is 12.3. The summed E-state index contributed by atoms with van der Waals surface area (Å²) in [7, 11) is 0. The van der Waals surface area contributed by atoms with Gasteiger partial charge < -0.3 is 10.2 Å². The normalized spacial score (nSPS) is 25.3. The molecule has 0 bridgehead atoms. The first-order valence-corrected chi connectivity index (χ1v) is 7.29. The van der Waals surface area contributed by atoms with E-state index in [-0.39, 0.29) is 11.4 Å². The fourth-order valence-electron chi connectivity index (χ4n) is 2.07. The van der Waals surface area contributed by atoms with Crippen molar-refractivity contribution in [3.8, 4) is 0 Å². The standard InChI is InChI=1S/C12H21N3OS/c1-12(2)9-17-11(14-12)13-6-5-10(16)15-7-3-4-8-15/h3-9H2,1-2H3,(H,13,14). The molecule has 0 saturated carbocycles. The van der Waals surface area contributed by atoms with E-state index in [0.29, 0.717) is 13.0 Å². The molecule has 0 aliphatic carbocycles. The van der Waals surface area contributed by atoms with Gasteiger partial charge in [-0.05, 0) is 26.7 Å². The second-order valence-corrected chi connectivity index (χ2v) is 6.29. The van der Waals surface area contributed by atoms with Crippen LogP contribution in [0.25, 0.3) is 0 Å². The van der Waals surface area contributed by atoms with E-state index < -0.39 is 0 Å². The molecule has 0 atom stereocenters. The fourth-order valence-corrected chi connectivity index (χ4v) is 3.17. The van der Waals surface area contributed by atoms with Crippen molar-refractivity contribution in [3.63, 3.8) is 0 Å². The van der Waals surface area contributed by atoms with Crippen molar-refractivity contribution in [3.05, 3.63) is 0 Å². The van der Waals surface area contributed by atoms with Crippen LogP contribution in [0.4, 0.5) is 0 Å². The number of carbonyl (C=O) groups excluding carboxylic acids is 1. The van der Waals surface area contributed by atoms with Gasteiger partial charge in [-0.2, -0.15) is 0 Å². The van der Waals surface area contributed by atoms with Crippen LogP contribution in [0.2, 0.25) is 0 Å². The summed E-state index contributed by atoms with van der Waals surface area (Å²) < 4.78 is 0. The molecular weight excluding hydrogens is 234 g/mol. The Morgan fingerprint density at radius 3 is 2.76 bits per heavy atom. The van der Waals surface area contributed by atoms with Gasteiger partial charge in [0.05, 0.1) is 6.54 Å². The van der Waals surface area contributed by atoms with Gasteiger partial charge in [0.1, 0.15) is 0 Å². The summed E-state index contributed by atoms with van der Waals surface area (Å²) in [6.07, 6.45) is 2.86. The van der Waals surface area contributed by atoms with Crippen molar-refractivity contribution in [1.29, 1.82) is 0 Å². The molecule has 2 fully saturated rings. The summed E-state index contributed by atoms with van der Waals surface area (Å²) in [5.74, 6) is 1.31. The summed E-state index contributed by atoms with van der Waals surface area (Å²) in [4.78, 5) is 18.2. The van der Waals surface area contributed by atoms with Crippen molar-refractivity contribution in [2.45, 2.75) is 38.6 Å². The zero-order valence-corrected chi connectivity index (χ0v) is 11.5. The van der Waals surface area contributed by atoms with Crippen molar-refractivity contribution in [1.82, 2.24) is 10.2 Å². The van der Waals surface area contributed by atoms with Gasteiger partial charge in [0, 0.05) is 30.8 Å². The Bertz CT molecular complexity index is 322. The number of amides is 1. The molecule has 2 aliphatic heterocycles. The molecule has 4 nitrogen and oxygen atoms in total. The van der Waals surface area contributed by atoms with Crippen LogP contribution in [0.15, 0.2) is 4.99 Å². The van der Waals surface area contributed by atoms with E-state index in [1.807, 2.05) is 4.90 Å². The second-order valence-electron chi connectivity index (χ2n) is 5.32. The number of aliphatic imine (C=N–C) groups is 1. The Morgan fingerprint density at radius 2 is 2.18 bits per heavy atom. The smallest absolute Gasteiger partial charge is 0.224 e. The number of rotatable bonds is 3. The predicted octanol–water partition coefficient (Wildman–Crippen LogP) is 1.47. The lowest BCUT2D eigenvalue weighted by atomic mass is 10.1. The van der Waals surface area contributed by atoms with E-state index in [9.17, 15) is 4.79 Å². The summed E-state index contributed by atoms with van der Waals surface area (Å²) in [5.41, 5.74) is 0.141. The maximum atomic E-state index is 11.8. The quantitative estimate of drug-likeness (QED) is 0.830. The predicted molar refractivity (Wildman–Crippen MR) is 72.4 cm³/mol. The number of hydrogen-bond acceptors (Lipinski definition) is 3. The van der Waals surface area contributed by atoms with Crippen LogP contribution in [-0.4, -0.2) is 46.9 Å². The first kappa shape index (κ1) is 12.7. The average molecular weight is 255 g/mol. The van der Waals surface area contributed by atoms with Gasteiger partial charge in [-0.25, -0.2) is 0 Å². The van der Waals surface area contributed by atoms with Gasteiger partial charge in [-0.1, -0.05) is 11.8 Å². The molecule has 17 heavy (non-hydrogen) atoms. The molecule has 2 rings (SSSR count). The van der Waals surface area contributed by atoms with Crippen molar-refractivity contribution >= 4 is 22.8 Å². The van der Waals surface area contributed by atoms with Crippen LogP contribution in [0.5, 0.6) is 0 Å². The molecule has 1 amide bonds. The van der Waals surface area contributed by atoms with Crippen LogP contribution in [0, 0.1) is 0 Å². The molecule has 0 unspecified atom stereocenters. The topological polar surface area (TPSA) is 44.7 Å². The summed E-state index contributed by atoms with van der Waals surface area (Å²) in [6.45, 7) is 6.82. The molecule has 0 aromatic carbocycles. The maximum absolute atomic E-state index is 11.8.